The number of rotatable bonds is 2. The van der Waals surface area contributed by atoms with Gasteiger partial charge in [0.1, 0.15) is 0 Å². The highest BCUT2D eigenvalue weighted by molar-refractivity contribution is 7.23. The molecule has 0 bridgehead atoms. The molecule has 17 heavy (non-hydrogen) atoms. The summed E-state index contributed by atoms with van der Waals surface area (Å²) < 4.78 is 0. The monoisotopic (exact) mass is 268 g/mol. The summed E-state index contributed by atoms with van der Waals surface area (Å²) in [7, 11) is 1.85. The molecule has 2 rings (SSSR count). The van der Waals surface area contributed by atoms with Crippen LogP contribution in [-0.4, -0.2) is 22.2 Å². The van der Waals surface area contributed by atoms with Gasteiger partial charge in [-0.1, -0.05) is 32.1 Å². The molecular formula is C11H16N4S2. The molecule has 2 aromatic rings. The van der Waals surface area contributed by atoms with Crippen LogP contribution in [0.25, 0.3) is 9.88 Å². The quantitative estimate of drug-likeness (QED) is 0.908. The summed E-state index contributed by atoms with van der Waals surface area (Å²) in [6, 6.07) is 0. The lowest BCUT2D eigenvalue weighted by molar-refractivity contribution is 0.573. The van der Waals surface area contributed by atoms with Gasteiger partial charge in [0.2, 0.25) is 5.13 Å². The molecule has 0 aliphatic rings. The Bertz CT molecular complexity index is 522. The van der Waals surface area contributed by atoms with Crippen molar-refractivity contribution >= 4 is 27.8 Å². The number of hydrogen-bond donors (Lipinski definition) is 1. The van der Waals surface area contributed by atoms with Crippen LogP contribution in [0.2, 0.25) is 0 Å². The van der Waals surface area contributed by atoms with E-state index in [0.717, 1.165) is 25.7 Å². The van der Waals surface area contributed by atoms with Crippen molar-refractivity contribution in [1.29, 1.82) is 0 Å². The van der Waals surface area contributed by atoms with Gasteiger partial charge in [-0.25, -0.2) is 4.98 Å². The van der Waals surface area contributed by atoms with Crippen LogP contribution in [0.5, 0.6) is 0 Å². The molecule has 0 spiro atoms. The highest BCUT2D eigenvalue weighted by Gasteiger charge is 2.25. The molecule has 0 radical (unpaired) electrons. The average Bonchev–Trinajstić information content (AvgIpc) is 2.81. The summed E-state index contributed by atoms with van der Waals surface area (Å²) in [4.78, 5) is 5.78. The number of thiazole rings is 1. The third-order valence-electron chi connectivity index (χ3n) is 2.28. The largest absolute Gasteiger partial charge is 0.363 e. The fraction of sp³-hybridized carbons (Fsp3) is 0.545. The van der Waals surface area contributed by atoms with E-state index in [9.17, 15) is 0 Å². The van der Waals surface area contributed by atoms with Gasteiger partial charge in [-0.15, -0.1) is 21.5 Å². The van der Waals surface area contributed by atoms with Crippen molar-refractivity contribution in [2.24, 2.45) is 0 Å². The van der Waals surface area contributed by atoms with E-state index < -0.39 is 0 Å². The van der Waals surface area contributed by atoms with Gasteiger partial charge >= 0.3 is 0 Å². The molecule has 2 aromatic heterocycles. The minimum Gasteiger partial charge on any atom is -0.363 e. The Kier molecular flexibility index (Phi) is 3.18. The first-order chi connectivity index (χ1) is 7.91. The van der Waals surface area contributed by atoms with Crippen molar-refractivity contribution in [3.63, 3.8) is 0 Å². The van der Waals surface area contributed by atoms with E-state index in [1.807, 2.05) is 14.0 Å². The third-order valence-corrected chi connectivity index (χ3v) is 4.34. The maximum absolute atomic E-state index is 4.63. The maximum Gasteiger partial charge on any atom is 0.205 e. The van der Waals surface area contributed by atoms with Gasteiger partial charge in [0, 0.05) is 12.5 Å². The molecule has 2 heterocycles. The number of aryl methyl sites for hydroxylation is 1. The van der Waals surface area contributed by atoms with E-state index in [4.69, 9.17) is 0 Å². The summed E-state index contributed by atoms with van der Waals surface area (Å²) in [6.07, 6.45) is 0. The molecular weight excluding hydrogens is 252 g/mol. The Labute approximate surface area is 109 Å². The zero-order valence-electron chi connectivity index (χ0n) is 10.7. The molecule has 92 valence electrons. The minimum atomic E-state index is 0.0333. The topological polar surface area (TPSA) is 50.7 Å². The molecule has 0 aliphatic carbocycles. The molecule has 0 saturated heterocycles. The fourth-order valence-electron chi connectivity index (χ4n) is 1.50. The Morgan fingerprint density at radius 3 is 2.35 bits per heavy atom. The lowest BCUT2D eigenvalue weighted by atomic mass is 9.91. The van der Waals surface area contributed by atoms with Gasteiger partial charge in [-0.2, -0.15) is 0 Å². The van der Waals surface area contributed by atoms with Crippen molar-refractivity contribution in [1.82, 2.24) is 15.2 Å². The number of nitrogens with zero attached hydrogens (tertiary/aromatic N) is 3. The zero-order chi connectivity index (χ0) is 12.6. The molecule has 0 aliphatic heterocycles. The second-order valence-corrected chi connectivity index (χ2v) is 7.00. The molecule has 1 N–H and O–H groups in total. The zero-order valence-corrected chi connectivity index (χ0v) is 12.3. The first-order valence-electron chi connectivity index (χ1n) is 5.41. The predicted molar refractivity (Wildman–Crippen MR) is 74.0 cm³/mol. The lowest BCUT2D eigenvalue weighted by Gasteiger charge is -2.16. The van der Waals surface area contributed by atoms with E-state index in [0.29, 0.717) is 0 Å². The number of aromatic nitrogens is 3. The normalized spacial score (nSPS) is 11.8. The molecule has 6 heteroatoms. The van der Waals surface area contributed by atoms with E-state index in [2.05, 4.69) is 41.3 Å². The van der Waals surface area contributed by atoms with Crippen molar-refractivity contribution in [2.45, 2.75) is 33.1 Å². The molecule has 0 fully saturated rings. The van der Waals surface area contributed by atoms with Crippen LogP contribution in [0, 0.1) is 6.92 Å². The van der Waals surface area contributed by atoms with Crippen molar-refractivity contribution in [3.8, 4) is 9.88 Å². The van der Waals surface area contributed by atoms with E-state index in [1.165, 1.54) is 0 Å². The highest BCUT2D eigenvalue weighted by atomic mass is 32.1. The standard InChI is InChI=1S/C11H16N4S2/c1-6-13-8(11(2,3)4)7(16-6)9-14-15-10(12-5)17-9/h1-5H3,(H,12,15). The Hall–Kier alpha value is -1.01. The van der Waals surface area contributed by atoms with Crippen LogP contribution >= 0.6 is 22.7 Å². The van der Waals surface area contributed by atoms with Gasteiger partial charge in [-0.05, 0) is 6.92 Å². The molecule has 0 unspecified atom stereocenters. The summed E-state index contributed by atoms with van der Waals surface area (Å²) in [6.45, 7) is 8.55. The Balaban J connectivity index is 2.51. The van der Waals surface area contributed by atoms with Crippen LogP contribution in [0.3, 0.4) is 0 Å². The van der Waals surface area contributed by atoms with Gasteiger partial charge in [0.15, 0.2) is 5.01 Å². The molecule has 0 amide bonds. The SMILES string of the molecule is CNc1nnc(-c2sc(C)nc2C(C)(C)C)s1. The van der Waals surface area contributed by atoms with Crippen LogP contribution in [-0.2, 0) is 5.41 Å². The first kappa shape index (κ1) is 12.4. The van der Waals surface area contributed by atoms with E-state index in [1.54, 1.807) is 22.7 Å². The van der Waals surface area contributed by atoms with Gasteiger partial charge in [0.05, 0.1) is 15.6 Å². The van der Waals surface area contributed by atoms with E-state index >= 15 is 0 Å². The van der Waals surface area contributed by atoms with E-state index in [-0.39, 0.29) is 5.41 Å². The van der Waals surface area contributed by atoms with Gasteiger partial charge in [0.25, 0.3) is 0 Å². The summed E-state index contributed by atoms with van der Waals surface area (Å²) in [5.74, 6) is 0. The number of hydrogen-bond acceptors (Lipinski definition) is 6. The van der Waals surface area contributed by atoms with Crippen LogP contribution < -0.4 is 5.32 Å². The minimum absolute atomic E-state index is 0.0333. The van der Waals surface area contributed by atoms with Crippen molar-refractivity contribution in [3.05, 3.63) is 10.7 Å². The van der Waals surface area contributed by atoms with Gasteiger partial charge in [-0.3, -0.25) is 0 Å². The van der Waals surface area contributed by atoms with Crippen LogP contribution in [0.4, 0.5) is 5.13 Å². The van der Waals surface area contributed by atoms with Crippen molar-refractivity contribution < 1.29 is 0 Å². The second kappa shape index (κ2) is 4.34. The number of anilines is 1. The summed E-state index contributed by atoms with van der Waals surface area (Å²) in [5, 5.41) is 14.2. The molecule has 4 nitrogen and oxygen atoms in total. The van der Waals surface area contributed by atoms with Crippen LogP contribution in [0.15, 0.2) is 0 Å². The lowest BCUT2D eigenvalue weighted by Crippen LogP contribution is -2.12. The Morgan fingerprint density at radius 2 is 1.82 bits per heavy atom. The number of nitrogens with one attached hydrogen (secondary N) is 1. The van der Waals surface area contributed by atoms with Crippen LogP contribution in [0.1, 0.15) is 31.5 Å². The summed E-state index contributed by atoms with van der Waals surface area (Å²) >= 11 is 3.25. The predicted octanol–water partition coefficient (Wildman–Crippen LogP) is 3.31. The average molecular weight is 268 g/mol. The smallest absolute Gasteiger partial charge is 0.205 e. The maximum atomic E-state index is 4.63. The second-order valence-electron chi connectivity index (χ2n) is 4.82. The Morgan fingerprint density at radius 1 is 1.12 bits per heavy atom. The first-order valence-corrected chi connectivity index (χ1v) is 7.04. The van der Waals surface area contributed by atoms with Crippen molar-refractivity contribution in [2.75, 3.05) is 12.4 Å². The highest BCUT2D eigenvalue weighted by Crippen LogP contribution is 2.38. The summed E-state index contributed by atoms with van der Waals surface area (Å²) in [5.41, 5.74) is 1.14. The molecule has 0 atom stereocenters. The molecule has 0 aromatic carbocycles. The molecule has 0 saturated carbocycles. The van der Waals surface area contributed by atoms with Gasteiger partial charge < -0.3 is 5.32 Å². The third kappa shape index (κ3) is 2.47. The fourth-order valence-corrected chi connectivity index (χ4v) is 3.39.